The fraction of sp³-hybridized carbons (Fsp3) is 0.400. The summed E-state index contributed by atoms with van der Waals surface area (Å²) in [7, 11) is 0. The predicted octanol–water partition coefficient (Wildman–Crippen LogP) is 2.65. The SMILES string of the molecule is Oc1ccc2c(c1)CCC(C(F)(F)F)O2. The summed E-state index contributed by atoms with van der Waals surface area (Å²) in [6.07, 6.45) is -5.88. The number of ether oxygens (including phenoxy) is 1. The standard InChI is InChI=1S/C10H9F3O2/c11-10(12,13)9-4-1-6-5-7(14)2-3-8(6)15-9/h2-3,5,9,14H,1,4H2. The van der Waals surface area contributed by atoms with Crippen molar-refractivity contribution in [3.05, 3.63) is 23.8 Å². The quantitative estimate of drug-likeness (QED) is 0.725. The maximum Gasteiger partial charge on any atom is 0.425 e. The van der Waals surface area contributed by atoms with Crippen LogP contribution in [-0.4, -0.2) is 17.4 Å². The minimum absolute atomic E-state index is 0.0443. The zero-order valence-electron chi connectivity index (χ0n) is 7.71. The zero-order valence-corrected chi connectivity index (χ0v) is 7.71. The first-order valence-corrected chi connectivity index (χ1v) is 4.52. The summed E-state index contributed by atoms with van der Waals surface area (Å²) in [4.78, 5) is 0. The van der Waals surface area contributed by atoms with E-state index in [-0.39, 0.29) is 24.3 Å². The van der Waals surface area contributed by atoms with Crippen LogP contribution in [0.1, 0.15) is 12.0 Å². The maximum absolute atomic E-state index is 12.3. The summed E-state index contributed by atoms with van der Waals surface area (Å²) >= 11 is 0. The Hall–Kier alpha value is -1.39. The van der Waals surface area contributed by atoms with Crippen LogP contribution in [0.3, 0.4) is 0 Å². The van der Waals surface area contributed by atoms with Gasteiger partial charge in [-0.25, -0.2) is 0 Å². The van der Waals surface area contributed by atoms with Gasteiger partial charge in [0, 0.05) is 0 Å². The molecule has 0 aromatic heterocycles. The Morgan fingerprint density at radius 1 is 1.33 bits per heavy atom. The van der Waals surface area contributed by atoms with Crippen molar-refractivity contribution < 1.29 is 23.0 Å². The lowest BCUT2D eigenvalue weighted by molar-refractivity contribution is -0.199. The third-order valence-electron chi connectivity index (χ3n) is 2.35. The molecule has 1 heterocycles. The highest BCUT2D eigenvalue weighted by molar-refractivity contribution is 5.41. The largest absolute Gasteiger partial charge is 0.508 e. The third-order valence-corrected chi connectivity index (χ3v) is 2.35. The lowest BCUT2D eigenvalue weighted by Gasteiger charge is -2.27. The molecule has 0 bridgehead atoms. The minimum atomic E-state index is -4.32. The molecule has 0 aliphatic carbocycles. The van der Waals surface area contributed by atoms with Gasteiger partial charge in [-0.3, -0.25) is 0 Å². The van der Waals surface area contributed by atoms with Crippen LogP contribution in [0.4, 0.5) is 13.2 Å². The van der Waals surface area contributed by atoms with E-state index in [1.54, 1.807) is 0 Å². The Morgan fingerprint density at radius 3 is 2.73 bits per heavy atom. The average Bonchev–Trinajstić information content (AvgIpc) is 2.15. The average molecular weight is 218 g/mol. The molecular formula is C10H9F3O2. The van der Waals surface area contributed by atoms with E-state index in [2.05, 4.69) is 0 Å². The molecule has 0 fully saturated rings. The van der Waals surface area contributed by atoms with Crippen molar-refractivity contribution >= 4 is 0 Å². The molecule has 0 saturated carbocycles. The Bertz CT molecular complexity index is 373. The van der Waals surface area contributed by atoms with Crippen molar-refractivity contribution in [3.8, 4) is 11.5 Å². The monoisotopic (exact) mass is 218 g/mol. The number of benzene rings is 1. The van der Waals surface area contributed by atoms with Gasteiger partial charge < -0.3 is 9.84 Å². The molecule has 1 aromatic carbocycles. The summed E-state index contributed by atoms with van der Waals surface area (Å²) in [6, 6.07) is 4.11. The van der Waals surface area contributed by atoms with Crippen molar-refractivity contribution in [2.45, 2.75) is 25.1 Å². The van der Waals surface area contributed by atoms with Crippen LogP contribution in [0.5, 0.6) is 11.5 Å². The number of fused-ring (bicyclic) bond motifs is 1. The van der Waals surface area contributed by atoms with Gasteiger partial charge in [0.15, 0.2) is 6.10 Å². The van der Waals surface area contributed by atoms with Crippen molar-refractivity contribution in [3.63, 3.8) is 0 Å². The van der Waals surface area contributed by atoms with E-state index in [0.717, 1.165) is 0 Å². The molecule has 1 N–H and O–H groups in total. The van der Waals surface area contributed by atoms with Crippen molar-refractivity contribution in [1.82, 2.24) is 0 Å². The highest BCUT2D eigenvalue weighted by Crippen LogP contribution is 2.36. The van der Waals surface area contributed by atoms with E-state index in [1.165, 1.54) is 18.2 Å². The molecular weight excluding hydrogens is 209 g/mol. The van der Waals surface area contributed by atoms with Crippen LogP contribution < -0.4 is 4.74 Å². The van der Waals surface area contributed by atoms with E-state index in [1.807, 2.05) is 0 Å². The van der Waals surface area contributed by atoms with Gasteiger partial charge in [-0.15, -0.1) is 0 Å². The first kappa shape index (κ1) is 10.1. The number of hydrogen-bond donors (Lipinski definition) is 1. The van der Waals surface area contributed by atoms with Gasteiger partial charge >= 0.3 is 6.18 Å². The van der Waals surface area contributed by atoms with E-state index < -0.39 is 12.3 Å². The van der Waals surface area contributed by atoms with Crippen LogP contribution in [0.25, 0.3) is 0 Å². The van der Waals surface area contributed by atoms with Gasteiger partial charge in [-0.2, -0.15) is 13.2 Å². The van der Waals surface area contributed by atoms with Gasteiger partial charge in [0.05, 0.1) is 0 Å². The van der Waals surface area contributed by atoms with Gasteiger partial charge in [0.2, 0.25) is 0 Å². The molecule has 1 atom stereocenters. The topological polar surface area (TPSA) is 29.5 Å². The van der Waals surface area contributed by atoms with Gasteiger partial charge in [0.25, 0.3) is 0 Å². The molecule has 0 saturated heterocycles. The molecule has 1 unspecified atom stereocenters. The smallest absolute Gasteiger partial charge is 0.425 e. The lowest BCUT2D eigenvalue weighted by atomic mass is 10.0. The summed E-state index contributed by atoms with van der Waals surface area (Å²) < 4.78 is 41.8. The van der Waals surface area contributed by atoms with Crippen LogP contribution in [0.15, 0.2) is 18.2 Å². The molecule has 5 heteroatoms. The van der Waals surface area contributed by atoms with Crippen molar-refractivity contribution in [2.24, 2.45) is 0 Å². The first-order valence-electron chi connectivity index (χ1n) is 4.52. The number of aromatic hydroxyl groups is 1. The zero-order chi connectivity index (χ0) is 11.1. The predicted molar refractivity (Wildman–Crippen MR) is 46.9 cm³/mol. The molecule has 15 heavy (non-hydrogen) atoms. The summed E-state index contributed by atoms with van der Waals surface area (Å²) in [5.41, 5.74) is 0.621. The first-order chi connectivity index (χ1) is 6.97. The van der Waals surface area contributed by atoms with E-state index in [9.17, 15) is 13.2 Å². The van der Waals surface area contributed by atoms with Crippen LogP contribution >= 0.6 is 0 Å². The highest BCUT2D eigenvalue weighted by Gasteiger charge is 2.43. The fourth-order valence-corrected chi connectivity index (χ4v) is 1.61. The normalized spacial score (nSPS) is 20.6. The van der Waals surface area contributed by atoms with E-state index in [4.69, 9.17) is 9.84 Å². The third kappa shape index (κ3) is 2.00. The molecule has 1 aromatic rings. The maximum atomic E-state index is 12.3. The molecule has 0 radical (unpaired) electrons. The minimum Gasteiger partial charge on any atom is -0.508 e. The highest BCUT2D eigenvalue weighted by atomic mass is 19.4. The molecule has 82 valence electrons. The van der Waals surface area contributed by atoms with Gasteiger partial charge in [0.1, 0.15) is 11.5 Å². The van der Waals surface area contributed by atoms with Gasteiger partial charge in [-0.1, -0.05) is 0 Å². The summed E-state index contributed by atoms with van der Waals surface area (Å²) in [5, 5.41) is 9.14. The number of halogens is 3. The number of phenolic OH excluding ortho intramolecular Hbond substituents is 1. The van der Waals surface area contributed by atoms with Crippen molar-refractivity contribution in [2.75, 3.05) is 0 Å². The Balaban J connectivity index is 2.24. The van der Waals surface area contributed by atoms with Crippen molar-refractivity contribution in [1.29, 1.82) is 0 Å². The second-order valence-corrected chi connectivity index (χ2v) is 3.48. The number of hydrogen-bond acceptors (Lipinski definition) is 2. The molecule has 1 aliphatic heterocycles. The van der Waals surface area contributed by atoms with Crippen LogP contribution in [0.2, 0.25) is 0 Å². The lowest BCUT2D eigenvalue weighted by Crippen LogP contribution is -2.37. The van der Waals surface area contributed by atoms with Crippen LogP contribution in [-0.2, 0) is 6.42 Å². The Labute approximate surface area is 84.3 Å². The molecule has 0 spiro atoms. The molecule has 2 nitrogen and oxygen atoms in total. The van der Waals surface area contributed by atoms with Crippen LogP contribution in [0, 0.1) is 0 Å². The fourth-order valence-electron chi connectivity index (χ4n) is 1.61. The molecule has 0 amide bonds. The second-order valence-electron chi connectivity index (χ2n) is 3.48. The summed E-state index contributed by atoms with van der Waals surface area (Å²) in [6.45, 7) is 0. The second kappa shape index (κ2) is 3.32. The number of rotatable bonds is 0. The van der Waals surface area contributed by atoms with E-state index in [0.29, 0.717) is 5.56 Å². The Kier molecular flexibility index (Phi) is 2.25. The number of aryl methyl sites for hydroxylation is 1. The number of alkyl halides is 3. The molecule has 1 aliphatic rings. The van der Waals surface area contributed by atoms with E-state index >= 15 is 0 Å². The number of phenols is 1. The van der Waals surface area contributed by atoms with Gasteiger partial charge in [-0.05, 0) is 36.6 Å². The molecule has 2 rings (SSSR count). The summed E-state index contributed by atoms with van der Waals surface area (Å²) in [5.74, 6) is 0.254. The Morgan fingerprint density at radius 2 is 2.07 bits per heavy atom.